The second-order valence-corrected chi connectivity index (χ2v) is 9.58. The number of hydrogen-bond acceptors (Lipinski definition) is 5. The summed E-state index contributed by atoms with van der Waals surface area (Å²) in [6.07, 6.45) is 1.51. The molecule has 7 nitrogen and oxygen atoms in total. The van der Waals surface area contributed by atoms with Gasteiger partial charge in [0.25, 0.3) is 5.91 Å². The van der Waals surface area contributed by atoms with Crippen molar-refractivity contribution in [2.45, 2.75) is 32.2 Å². The zero-order valence-corrected chi connectivity index (χ0v) is 22.5. The Morgan fingerprint density at radius 1 is 1.00 bits per heavy atom. The second kappa shape index (κ2) is 12.7. The topological polar surface area (TPSA) is 78.9 Å². The van der Waals surface area contributed by atoms with Gasteiger partial charge < -0.3 is 15.0 Å². The number of amides is 2. The van der Waals surface area contributed by atoms with Crippen molar-refractivity contribution in [3.8, 4) is 0 Å². The van der Waals surface area contributed by atoms with Crippen LogP contribution < -0.4 is 10.2 Å². The summed E-state index contributed by atoms with van der Waals surface area (Å²) in [5.41, 5.74) is 2.71. The van der Waals surface area contributed by atoms with E-state index in [0.29, 0.717) is 33.6 Å². The number of benzene rings is 3. The third kappa shape index (κ3) is 6.57. The number of anilines is 2. The third-order valence-corrected chi connectivity index (χ3v) is 6.84. The van der Waals surface area contributed by atoms with E-state index in [1.165, 1.54) is 10.5 Å². The van der Waals surface area contributed by atoms with Crippen molar-refractivity contribution in [1.29, 1.82) is 0 Å². The highest BCUT2D eigenvalue weighted by Gasteiger charge is 2.43. The van der Waals surface area contributed by atoms with Crippen LogP contribution in [0, 0.1) is 0 Å². The summed E-state index contributed by atoms with van der Waals surface area (Å²) in [6, 6.07) is 22.6. The summed E-state index contributed by atoms with van der Waals surface area (Å²) >= 11 is 11.8. The van der Waals surface area contributed by atoms with Gasteiger partial charge in [-0.3, -0.25) is 14.5 Å². The van der Waals surface area contributed by atoms with Crippen molar-refractivity contribution in [3.63, 3.8) is 0 Å². The van der Waals surface area contributed by atoms with Crippen LogP contribution in [0.5, 0.6) is 0 Å². The Kier molecular flexibility index (Phi) is 9.10. The molecule has 196 valence electrons. The Hall–Kier alpha value is -3.75. The maximum atomic E-state index is 13.5. The molecule has 1 aliphatic rings. The molecule has 0 saturated carbocycles. The molecule has 3 aromatic carbocycles. The number of aryl methyl sites for hydroxylation is 1. The van der Waals surface area contributed by atoms with E-state index < -0.39 is 12.0 Å². The van der Waals surface area contributed by atoms with Crippen molar-refractivity contribution >= 4 is 58.1 Å². The molecule has 1 fully saturated rings. The van der Waals surface area contributed by atoms with E-state index in [9.17, 15) is 14.4 Å². The van der Waals surface area contributed by atoms with Gasteiger partial charge in [-0.05, 0) is 86.1 Å². The van der Waals surface area contributed by atoms with Crippen LogP contribution in [-0.2, 0) is 20.7 Å². The van der Waals surface area contributed by atoms with E-state index in [0.717, 1.165) is 12.8 Å². The van der Waals surface area contributed by atoms with Crippen LogP contribution in [0.15, 0.2) is 78.9 Å². The largest absolute Gasteiger partial charge is 0.462 e. The first kappa shape index (κ1) is 27.3. The summed E-state index contributed by atoms with van der Waals surface area (Å²) in [5, 5.41) is 3.73. The molecule has 38 heavy (non-hydrogen) atoms. The van der Waals surface area contributed by atoms with Crippen molar-refractivity contribution in [2.75, 3.05) is 23.4 Å². The lowest BCUT2D eigenvalue weighted by Crippen LogP contribution is -2.38. The summed E-state index contributed by atoms with van der Waals surface area (Å²) in [5.74, 6) is -1.02. The highest BCUT2D eigenvalue weighted by Crippen LogP contribution is 2.29. The van der Waals surface area contributed by atoms with Crippen LogP contribution in [-0.4, -0.2) is 47.0 Å². The number of esters is 1. The molecule has 0 radical (unpaired) electrons. The van der Waals surface area contributed by atoms with E-state index in [1.54, 1.807) is 55.5 Å². The molecule has 0 spiro atoms. The molecule has 9 heteroatoms. The van der Waals surface area contributed by atoms with Gasteiger partial charge in [0.2, 0.25) is 5.91 Å². The Morgan fingerprint density at radius 2 is 1.68 bits per heavy atom. The van der Waals surface area contributed by atoms with Crippen molar-refractivity contribution < 1.29 is 19.1 Å². The van der Waals surface area contributed by atoms with Crippen LogP contribution in [0.4, 0.5) is 11.4 Å². The molecule has 4 rings (SSSR count). The van der Waals surface area contributed by atoms with E-state index >= 15 is 0 Å². The fourth-order valence-electron chi connectivity index (χ4n) is 4.31. The number of halogens is 1. The number of hydrogen-bond donors (Lipinski definition) is 1. The smallest absolute Gasteiger partial charge is 0.338 e. The highest BCUT2D eigenvalue weighted by atomic mass is 35.5. The predicted octanol–water partition coefficient (Wildman–Crippen LogP) is 5.48. The van der Waals surface area contributed by atoms with Crippen molar-refractivity contribution in [1.82, 2.24) is 4.90 Å². The van der Waals surface area contributed by atoms with Crippen LogP contribution >= 0.6 is 23.8 Å². The highest BCUT2D eigenvalue weighted by molar-refractivity contribution is 7.80. The van der Waals surface area contributed by atoms with Crippen molar-refractivity contribution in [3.05, 3.63) is 95.0 Å². The Bertz CT molecular complexity index is 1300. The van der Waals surface area contributed by atoms with E-state index in [4.69, 9.17) is 28.6 Å². The van der Waals surface area contributed by atoms with Gasteiger partial charge in [0.1, 0.15) is 6.04 Å². The minimum atomic E-state index is -0.743. The maximum absolute atomic E-state index is 13.5. The number of thiocarbonyl (C=S) groups is 1. The van der Waals surface area contributed by atoms with Gasteiger partial charge in [0.15, 0.2) is 5.11 Å². The molecule has 1 atom stereocenters. The number of nitrogens with zero attached hydrogens (tertiary/aromatic N) is 2. The first-order valence-electron chi connectivity index (χ1n) is 12.4. The first-order chi connectivity index (χ1) is 18.4. The Balaban J connectivity index is 1.47. The monoisotopic (exact) mass is 549 g/mol. The van der Waals surface area contributed by atoms with Gasteiger partial charge in [0.05, 0.1) is 24.3 Å². The lowest BCUT2D eigenvalue weighted by Gasteiger charge is -2.24. The third-order valence-electron chi connectivity index (χ3n) is 6.17. The van der Waals surface area contributed by atoms with Gasteiger partial charge in [-0.1, -0.05) is 41.9 Å². The fourth-order valence-corrected chi connectivity index (χ4v) is 4.84. The lowest BCUT2D eigenvalue weighted by atomic mass is 10.1. The summed E-state index contributed by atoms with van der Waals surface area (Å²) in [4.78, 5) is 41.7. The van der Waals surface area contributed by atoms with Gasteiger partial charge in [-0.15, -0.1) is 0 Å². The van der Waals surface area contributed by atoms with Gasteiger partial charge in [-0.2, -0.15) is 0 Å². The Labute approximate surface area is 232 Å². The van der Waals surface area contributed by atoms with Crippen molar-refractivity contribution in [2.24, 2.45) is 0 Å². The van der Waals surface area contributed by atoms with Crippen LogP contribution in [0.3, 0.4) is 0 Å². The standard InChI is InChI=1S/C29H28ClN3O4S/c1-2-37-28(36)21-10-14-23(15-11-21)31-26(34)19-25-27(35)33(24-16-12-22(30)13-17-24)29(38)32(25)18-6-9-20-7-4-3-5-8-20/h3-5,7-8,10-17,25H,2,6,9,18-19H2,1H3,(H,31,34). The number of ether oxygens (including phenoxy) is 1. The molecule has 1 unspecified atom stereocenters. The van der Waals surface area contributed by atoms with E-state index in [2.05, 4.69) is 17.4 Å². The number of rotatable bonds is 10. The zero-order valence-electron chi connectivity index (χ0n) is 20.9. The Morgan fingerprint density at radius 3 is 2.34 bits per heavy atom. The maximum Gasteiger partial charge on any atom is 0.338 e. The molecule has 0 aliphatic carbocycles. The average molecular weight is 550 g/mol. The molecule has 1 saturated heterocycles. The summed E-state index contributed by atoms with van der Waals surface area (Å²) in [7, 11) is 0. The predicted molar refractivity (Wildman–Crippen MR) is 152 cm³/mol. The van der Waals surface area contributed by atoms with E-state index in [1.807, 2.05) is 23.1 Å². The zero-order chi connectivity index (χ0) is 27.1. The summed E-state index contributed by atoms with van der Waals surface area (Å²) in [6.45, 7) is 2.54. The number of carbonyl (C=O) groups excluding carboxylic acids is 3. The van der Waals surface area contributed by atoms with Gasteiger partial charge in [0, 0.05) is 17.3 Å². The minimum absolute atomic E-state index is 0.0754. The minimum Gasteiger partial charge on any atom is -0.462 e. The number of carbonyl (C=O) groups is 3. The molecule has 2 amide bonds. The van der Waals surface area contributed by atoms with Crippen LogP contribution in [0.25, 0.3) is 0 Å². The fraction of sp³-hybridized carbons (Fsp3) is 0.241. The SMILES string of the molecule is CCOC(=O)c1ccc(NC(=O)CC2C(=O)N(c3ccc(Cl)cc3)C(=S)N2CCCc2ccccc2)cc1. The second-order valence-electron chi connectivity index (χ2n) is 8.78. The van der Waals surface area contributed by atoms with Gasteiger partial charge >= 0.3 is 5.97 Å². The molecule has 1 N–H and O–H groups in total. The molecule has 3 aromatic rings. The first-order valence-corrected chi connectivity index (χ1v) is 13.2. The normalized spacial score (nSPS) is 15.1. The molecular formula is C29H28ClN3O4S. The molecule has 1 heterocycles. The molecular weight excluding hydrogens is 522 g/mol. The molecule has 0 aromatic heterocycles. The van der Waals surface area contributed by atoms with E-state index in [-0.39, 0.29) is 24.8 Å². The molecule has 0 bridgehead atoms. The molecule has 1 aliphatic heterocycles. The van der Waals surface area contributed by atoms with Crippen LogP contribution in [0.2, 0.25) is 5.02 Å². The average Bonchev–Trinajstić information content (AvgIpc) is 3.14. The quantitative estimate of drug-likeness (QED) is 0.266. The van der Waals surface area contributed by atoms with Crippen LogP contribution in [0.1, 0.15) is 35.7 Å². The number of nitrogens with one attached hydrogen (secondary N) is 1. The summed E-state index contributed by atoms with van der Waals surface area (Å²) < 4.78 is 4.99. The van der Waals surface area contributed by atoms with Gasteiger partial charge in [-0.25, -0.2) is 4.79 Å². The lowest BCUT2D eigenvalue weighted by molar-refractivity contribution is -0.124.